The summed E-state index contributed by atoms with van der Waals surface area (Å²) in [5.41, 5.74) is 9.52. The average molecular weight is 258 g/mol. The average Bonchev–Trinajstić information content (AvgIpc) is 2.70. The van der Waals surface area contributed by atoms with Crippen LogP contribution in [0, 0.1) is 5.41 Å². The molecule has 2 nitrogen and oxygen atoms in total. The first-order valence-electron chi connectivity index (χ1n) is 6.38. The summed E-state index contributed by atoms with van der Waals surface area (Å²) in [5.74, 6) is 0. The highest BCUT2D eigenvalue weighted by molar-refractivity contribution is 7.15. The molecular weight excluding hydrogens is 240 g/mol. The lowest BCUT2D eigenvalue weighted by molar-refractivity contribution is 0.316. The number of thiazole rings is 1. The van der Waals surface area contributed by atoms with Crippen LogP contribution in [0.5, 0.6) is 0 Å². The quantitative estimate of drug-likeness (QED) is 0.788. The van der Waals surface area contributed by atoms with Crippen molar-refractivity contribution in [2.45, 2.75) is 33.1 Å². The Bertz CT molecular complexity index is 584. The fraction of sp³-hybridized carbons (Fsp3) is 0.400. The van der Waals surface area contributed by atoms with E-state index in [1.54, 1.807) is 0 Å². The van der Waals surface area contributed by atoms with Gasteiger partial charge >= 0.3 is 0 Å². The molecule has 3 heteroatoms. The molecule has 0 amide bonds. The van der Waals surface area contributed by atoms with E-state index >= 15 is 0 Å². The summed E-state index contributed by atoms with van der Waals surface area (Å²) in [4.78, 5) is 6.25. The number of fused-ring (bicyclic) bond motifs is 1. The van der Waals surface area contributed by atoms with Gasteiger partial charge in [-0.3, -0.25) is 0 Å². The van der Waals surface area contributed by atoms with Crippen molar-refractivity contribution in [3.8, 4) is 10.6 Å². The maximum atomic E-state index is 5.84. The highest BCUT2D eigenvalue weighted by Gasteiger charge is 2.28. The Morgan fingerprint density at radius 1 is 1.33 bits per heavy atom. The van der Waals surface area contributed by atoms with Crippen molar-refractivity contribution in [3.63, 3.8) is 0 Å². The molecule has 0 saturated heterocycles. The molecule has 2 N–H and O–H groups in total. The molecule has 1 aromatic heterocycles. The van der Waals surface area contributed by atoms with Crippen LogP contribution in [0.15, 0.2) is 24.3 Å². The molecule has 1 heterocycles. The van der Waals surface area contributed by atoms with Crippen LogP contribution in [0.4, 0.5) is 5.69 Å². The SMILES string of the molecule is CC1(C)CCc2nc(-c3cccc(N)c3)sc2C1. The number of rotatable bonds is 1. The van der Waals surface area contributed by atoms with Crippen molar-refractivity contribution >= 4 is 17.0 Å². The van der Waals surface area contributed by atoms with E-state index in [2.05, 4.69) is 19.9 Å². The number of hydrogen-bond donors (Lipinski definition) is 1. The van der Waals surface area contributed by atoms with Crippen molar-refractivity contribution in [1.29, 1.82) is 0 Å². The second-order valence-corrected chi connectivity index (χ2v) is 6.94. The monoisotopic (exact) mass is 258 g/mol. The molecule has 18 heavy (non-hydrogen) atoms. The van der Waals surface area contributed by atoms with E-state index in [9.17, 15) is 0 Å². The van der Waals surface area contributed by atoms with E-state index in [0.29, 0.717) is 5.41 Å². The minimum absolute atomic E-state index is 0.423. The first-order valence-corrected chi connectivity index (χ1v) is 7.20. The number of hydrogen-bond acceptors (Lipinski definition) is 3. The van der Waals surface area contributed by atoms with Crippen LogP contribution in [-0.2, 0) is 12.8 Å². The minimum atomic E-state index is 0.423. The van der Waals surface area contributed by atoms with Gasteiger partial charge in [0.2, 0.25) is 0 Å². The number of anilines is 1. The van der Waals surface area contributed by atoms with Gasteiger partial charge in [-0.15, -0.1) is 11.3 Å². The Morgan fingerprint density at radius 3 is 2.94 bits per heavy atom. The van der Waals surface area contributed by atoms with Crippen LogP contribution >= 0.6 is 11.3 Å². The standard InChI is InChI=1S/C15H18N2S/c1-15(2)7-6-12-13(9-15)18-14(17-12)10-4-3-5-11(16)8-10/h3-5,8H,6-7,9,16H2,1-2H3. The summed E-state index contributed by atoms with van der Waals surface area (Å²) in [6, 6.07) is 8.01. The van der Waals surface area contributed by atoms with Gasteiger partial charge in [-0.2, -0.15) is 0 Å². The minimum Gasteiger partial charge on any atom is -0.399 e. The molecule has 0 atom stereocenters. The van der Waals surface area contributed by atoms with Crippen LogP contribution < -0.4 is 5.73 Å². The molecule has 1 aliphatic rings. The Morgan fingerprint density at radius 2 is 2.17 bits per heavy atom. The van der Waals surface area contributed by atoms with Gasteiger partial charge < -0.3 is 5.73 Å². The lowest BCUT2D eigenvalue weighted by Gasteiger charge is -2.28. The number of aryl methyl sites for hydroxylation is 1. The van der Waals surface area contributed by atoms with Crippen LogP contribution in [0.2, 0.25) is 0 Å². The molecule has 0 spiro atoms. The van der Waals surface area contributed by atoms with E-state index in [0.717, 1.165) is 29.1 Å². The predicted octanol–water partition coefficient (Wildman–Crippen LogP) is 3.91. The summed E-state index contributed by atoms with van der Waals surface area (Å²) >= 11 is 1.83. The summed E-state index contributed by atoms with van der Waals surface area (Å²) in [6.45, 7) is 4.69. The molecular formula is C15H18N2S. The van der Waals surface area contributed by atoms with Crippen LogP contribution in [0.25, 0.3) is 10.6 Å². The molecule has 1 aliphatic carbocycles. The first kappa shape index (κ1) is 11.7. The van der Waals surface area contributed by atoms with E-state index in [-0.39, 0.29) is 0 Å². The third-order valence-electron chi connectivity index (χ3n) is 3.59. The van der Waals surface area contributed by atoms with E-state index < -0.39 is 0 Å². The maximum Gasteiger partial charge on any atom is 0.123 e. The third kappa shape index (κ3) is 2.15. The zero-order chi connectivity index (χ0) is 12.8. The predicted molar refractivity (Wildman–Crippen MR) is 77.8 cm³/mol. The highest BCUT2D eigenvalue weighted by Crippen LogP contribution is 2.39. The Balaban J connectivity index is 1.99. The fourth-order valence-corrected chi connectivity index (χ4v) is 3.85. The van der Waals surface area contributed by atoms with Gasteiger partial charge in [0.05, 0.1) is 5.69 Å². The van der Waals surface area contributed by atoms with Gasteiger partial charge in [0.1, 0.15) is 5.01 Å². The topological polar surface area (TPSA) is 38.9 Å². The smallest absolute Gasteiger partial charge is 0.123 e. The van der Waals surface area contributed by atoms with E-state index in [1.807, 2.05) is 29.5 Å². The molecule has 2 aromatic rings. The summed E-state index contributed by atoms with van der Waals surface area (Å²) in [5, 5.41) is 1.12. The van der Waals surface area contributed by atoms with E-state index in [4.69, 9.17) is 10.7 Å². The van der Waals surface area contributed by atoms with Crippen molar-refractivity contribution in [2.75, 3.05) is 5.73 Å². The van der Waals surface area contributed by atoms with Gasteiger partial charge in [-0.25, -0.2) is 4.98 Å². The number of nitrogens with zero attached hydrogens (tertiary/aromatic N) is 1. The number of nitrogens with two attached hydrogens (primary N) is 1. The lowest BCUT2D eigenvalue weighted by Crippen LogP contribution is -2.20. The largest absolute Gasteiger partial charge is 0.399 e. The zero-order valence-electron chi connectivity index (χ0n) is 10.9. The van der Waals surface area contributed by atoms with Crippen LogP contribution in [0.3, 0.4) is 0 Å². The Kier molecular flexibility index (Phi) is 2.67. The van der Waals surface area contributed by atoms with Crippen LogP contribution in [-0.4, -0.2) is 4.98 Å². The maximum absolute atomic E-state index is 5.84. The Hall–Kier alpha value is -1.35. The van der Waals surface area contributed by atoms with Crippen LogP contribution in [0.1, 0.15) is 30.8 Å². The summed E-state index contributed by atoms with van der Waals surface area (Å²) in [7, 11) is 0. The fourth-order valence-electron chi connectivity index (χ4n) is 2.49. The molecule has 3 rings (SSSR count). The first-order chi connectivity index (χ1) is 8.53. The van der Waals surface area contributed by atoms with Crippen molar-refractivity contribution in [2.24, 2.45) is 5.41 Å². The lowest BCUT2D eigenvalue weighted by atomic mass is 9.79. The third-order valence-corrected chi connectivity index (χ3v) is 4.74. The van der Waals surface area contributed by atoms with Gasteiger partial charge in [-0.1, -0.05) is 26.0 Å². The zero-order valence-corrected chi connectivity index (χ0v) is 11.7. The van der Waals surface area contributed by atoms with Crippen molar-refractivity contribution in [1.82, 2.24) is 4.98 Å². The molecule has 94 valence electrons. The molecule has 0 aliphatic heterocycles. The molecule has 1 aromatic carbocycles. The second kappa shape index (κ2) is 4.09. The van der Waals surface area contributed by atoms with E-state index in [1.165, 1.54) is 17.0 Å². The van der Waals surface area contributed by atoms with Crippen molar-refractivity contribution < 1.29 is 0 Å². The summed E-state index contributed by atoms with van der Waals surface area (Å²) < 4.78 is 0. The van der Waals surface area contributed by atoms with Gasteiger partial charge in [0.25, 0.3) is 0 Å². The van der Waals surface area contributed by atoms with Gasteiger partial charge in [0, 0.05) is 16.1 Å². The molecule has 0 saturated carbocycles. The van der Waals surface area contributed by atoms with Crippen molar-refractivity contribution in [3.05, 3.63) is 34.8 Å². The molecule has 0 fully saturated rings. The number of aromatic nitrogens is 1. The Labute approximate surface area is 112 Å². The summed E-state index contributed by atoms with van der Waals surface area (Å²) in [6.07, 6.45) is 3.50. The molecule has 0 unspecified atom stereocenters. The van der Waals surface area contributed by atoms with Gasteiger partial charge in [0.15, 0.2) is 0 Å². The number of nitrogen functional groups attached to an aromatic ring is 1. The number of benzene rings is 1. The normalized spacial score (nSPS) is 17.4. The highest BCUT2D eigenvalue weighted by atomic mass is 32.1. The molecule has 0 radical (unpaired) electrons. The molecule has 0 bridgehead atoms. The second-order valence-electron chi connectivity index (χ2n) is 5.86. The van der Waals surface area contributed by atoms with Gasteiger partial charge in [-0.05, 0) is 36.8 Å².